The number of aromatic amines is 1. The van der Waals surface area contributed by atoms with Crippen molar-refractivity contribution in [3.63, 3.8) is 0 Å². The largest absolute Gasteiger partial charge is 0.307 e. The van der Waals surface area contributed by atoms with E-state index in [9.17, 15) is 4.39 Å². The third-order valence-corrected chi connectivity index (χ3v) is 4.04. The average Bonchev–Trinajstić information content (AvgIpc) is 2.96. The van der Waals surface area contributed by atoms with Crippen LogP contribution in [0, 0.1) is 5.82 Å². The van der Waals surface area contributed by atoms with E-state index in [0.29, 0.717) is 12.1 Å². The van der Waals surface area contributed by atoms with Gasteiger partial charge < -0.3 is 5.32 Å². The minimum absolute atomic E-state index is 0.206. The SMILES string of the molecule is Fc1ccc(-c2n[nH]c3c2[C@H]2CC[C@@H](C3)N2)cc1. The van der Waals surface area contributed by atoms with Crippen molar-refractivity contribution in [3.05, 3.63) is 41.3 Å². The number of aromatic nitrogens is 2. The zero-order valence-electron chi connectivity index (χ0n) is 9.91. The van der Waals surface area contributed by atoms with Gasteiger partial charge in [0.25, 0.3) is 0 Å². The van der Waals surface area contributed by atoms with Gasteiger partial charge in [-0.1, -0.05) is 0 Å². The Balaban J connectivity index is 1.83. The topological polar surface area (TPSA) is 40.7 Å². The van der Waals surface area contributed by atoms with Crippen molar-refractivity contribution < 1.29 is 4.39 Å². The molecule has 0 spiro atoms. The van der Waals surface area contributed by atoms with Crippen LogP contribution in [0.5, 0.6) is 0 Å². The maximum atomic E-state index is 13.0. The van der Waals surface area contributed by atoms with Crippen molar-refractivity contribution in [2.75, 3.05) is 0 Å². The maximum absolute atomic E-state index is 13.0. The maximum Gasteiger partial charge on any atom is 0.123 e. The number of halogens is 1. The number of hydrogen-bond acceptors (Lipinski definition) is 2. The predicted octanol–water partition coefficient (Wildman–Crippen LogP) is 2.56. The van der Waals surface area contributed by atoms with E-state index in [1.54, 1.807) is 12.1 Å². The molecule has 3 nitrogen and oxygen atoms in total. The highest BCUT2D eigenvalue weighted by Crippen LogP contribution is 2.39. The van der Waals surface area contributed by atoms with E-state index in [4.69, 9.17) is 0 Å². The molecule has 1 aromatic heterocycles. The minimum Gasteiger partial charge on any atom is -0.307 e. The van der Waals surface area contributed by atoms with Crippen molar-refractivity contribution in [3.8, 4) is 11.3 Å². The molecule has 0 radical (unpaired) electrons. The first-order valence-electron chi connectivity index (χ1n) is 6.40. The van der Waals surface area contributed by atoms with Gasteiger partial charge in [0.05, 0.1) is 5.69 Å². The fraction of sp³-hybridized carbons (Fsp3) is 0.357. The quantitative estimate of drug-likeness (QED) is 0.808. The van der Waals surface area contributed by atoms with Gasteiger partial charge in [-0.15, -0.1) is 0 Å². The van der Waals surface area contributed by atoms with Crippen molar-refractivity contribution in [1.29, 1.82) is 0 Å². The molecule has 1 fully saturated rings. The van der Waals surface area contributed by atoms with E-state index in [1.165, 1.54) is 36.2 Å². The highest BCUT2D eigenvalue weighted by Gasteiger charge is 2.35. The molecule has 0 aliphatic carbocycles. The molecule has 2 aliphatic heterocycles. The summed E-state index contributed by atoms with van der Waals surface area (Å²) in [4.78, 5) is 0. The Morgan fingerprint density at radius 2 is 2.00 bits per heavy atom. The molecule has 0 saturated carbocycles. The molecule has 2 bridgehead atoms. The highest BCUT2D eigenvalue weighted by atomic mass is 19.1. The van der Waals surface area contributed by atoms with E-state index >= 15 is 0 Å². The molecule has 4 rings (SSSR count). The first kappa shape index (κ1) is 10.3. The van der Waals surface area contributed by atoms with Crippen LogP contribution in [-0.2, 0) is 6.42 Å². The lowest BCUT2D eigenvalue weighted by molar-refractivity contribution is 0.511. The Kier molecular flexibility index (Phi) is 2.08. The normalized spacial score (nSPS) is 25.2. The Morgan fingerprint density at radius 1 is 1.17 bits per heavy atom. The van der Waals surface area contributed by atoms with Crippen LogP contribution < -0.4 is 5.32 Å². The Hall–Kier alpha value is -1.68. The molecule has 2 aliphatic rings. The van der Waals surface area contributed by atoms with Crippen LogP contribution in [0.1, 0.15) is 30.1 Å². The molecule has 2 aromatic rings. The highest BCUT2D eigenvalue weighted by molar-refractivity contribution is 5.65. The number of fused-ring (bicyclic) bond motifs is 4. The summed E-state index contributed by atoms with van der Waals surface area (Å²) in [6.07, 6.45) is 3.43. The van der Waals surface area contributed by atoms with E-state index in [1.807, 2.05) is 0 Å². The standard InChI is InChI=1S/C14H14FN3/c15-9-3-1-8(2-4-9)14-13-11-6-5-10(16-11)7-12(13)17-18-14/h1-4,10-11,16H,5-7H2,(H,17,18)/t10-,11+/m0/s1. The van der Waals surface area contributed by atoms with Crippen LogP contribution in [0.3, 0.4) is 0 Å². The second kappa shape index (κ2) is 3.65. The predicted molar refractivity (Wildman–Crippen MR) is 66.6 cm³/mol. The van der Waals surface area contributed by atoms with Crippen LogP contribution in [0.2, 0.25) is 0 Å². The third kappa shape index (κ3) is 1.42. The minimum atomic E-state index is -0.206. The van der Waals surface area contributed by atoms with Gasteiger partial charge in [-0.25, -0.2) is 4.39 Å². The third-order valence-electron chi connectivity index (χ3n) is 4.04. The Morgan fingerprint density at radius 3 is 2.83 bits per heavy atom. The fourth-order valence-electron chi connectivity index (χ4n) is 3.20. The van der Waals surface area contributed by atoms with Gasteiger partial charge in [-0.3, -0.25) is 5.10 Å². The lowest BCUT2D eigenvalue weighted by Crippen LogP contribution is -2.31. The summed E-state index contributed by atoms with van der Waals surface area (Å²) in [5.74, 6) is -0.206. The van der Waals surface area contributed by atoms with Crippen LogP contribution in [0.15, 0.2) is 24.3 Å². The number of rotatable bonds is 1. The zero-order chi connectivity index (χ0) is 12.1. The number of nitrogens with zero attached hydrogens (tertiary/aromatic N) is 1. The Bertz CT molecular complexity index is 588. The lowest BCUT2D eigenvalue weighted by atomic mass is 9.96. The van der Waals surface area contributed by atoms with Gasteiger partial charge in [0.1, 0.15) is 5.82 Å². The van der Waals surface area contributed by atoms with E-state index < -0.39 is 0 Å². The molecule has 0 amide bonds. The zero-order valence-corrected chi connectivity index (χ0v) is 9.91. The molecule has 92 valence electrons. The van der Waals surface area contributed by atoms with Crippen LogP contribution >= 0.6 is 0 Å². The summed E-state index contributed by atoms with van der Waals surface area (Å²) in [7, 11) is 0. The van der Waals surface area contributed by atoms with E-state index in [0.717, 1.165) is 17.7 Å². The summed E-state index contributed by atoms with van der Waals surface area (Å²) < 4.78 is 13.0. The first-order chi connectivity index (χ1) is 8.81. The summed E-state index contributed by atoms with van der Waals surface area (Å²) in [6, 6.07) is 7.59. The van der Waals surface area contributed by atoms with Gasteiger partial charge in [0.15, 0.2) is 0 Å². The molecule has 2 atom stereocenters. The molecule has 4 heteroatoms. The van der Waals surface area contributed by atoms with Gasteiger partial charge in [-0.2, -0.15) is 5.10 Å². The molecular weight excluding hydrogens is 229 g/mol. The number of benzene rings is 1. The van der Waals surface area contributed by atoms with E-state index in [2.05, 4.69) is 15.5 Å². The number of nitrogens with one attached hydrogen (secondary N) is 2. The van der Waals surface area contributed by atoms with Crippen LogP contribution in [0.4, 0.5) is 4.39 Å². The molecule has 1 aromatic carbocycles. The van der Waals surface area contributed by atoms with Gasteiger partial charge in [0.2, 0.25) is 0 Å². The number of hydrogen-bond donors (Lipinski definition) is 2. The monoisotopic (exact) mass is 243 g/mol. The second-order valence-corrected chi connectivity index (χ2v) is 5.17. The molecular formula is C14H14FN3. The van der Waals surface area contributed by atoms with Crippen LogP contribution in [-0.4, -0.2) is 16.2 Å². The molecule has 1 saturated heterocycles. The molecule has 18 heavy (non-hydrogen) atoms. The van der Waals surface area contributed by atoms with Crippen molar-refractivity contribution in [2.45, 2.75) is 31.3 Å². The molecule has 2 N–H and O–H groups in total. The van der Waals surface area contributed by atoms with Crippen molar-refractivity contribution in [2.24, 2.45) is 0 Å². The fourth-order valence-corrected chi connectivity index (χ4v) is 3.20. The molecule has 0 unspecified atom stereocenters. The van der Waals surface area contributed by atoms with Gasteiger partial charge in [-0.05, 0) is 37.1 Å². The summed E-state index contributed by atoms with van der Waals surface area (Å²) in [5, 5.41) is 11.2. The summed E-state index contributed by atoms with van der Waals surface area (Å²) >= 11 is 0. The summed E-state index contributed by atoms with van der Waals surface area (Å²) in [6.45, 7) is 0. The van der Waals surface area contributed by atoms with E-state index in [-0.39, 0.29) is 5.82 Å². The van der Waals surface area contributed by atoms with Crippen molar-refractivity contribution in [1.82, 2.24) is 15.5 Å². The van der Waals surface area contributed by atoms with Gasteiger partial charge >= 0.3 is 0 Å². The lowest BCUT2D eigenvalue weighted by Gasteiger charge is -2.21. The van der Waals surface area contributed by atoms with Crippen LogP contribution in [0.25, 0.3) is 11.3 Å². The Labute approximate surface area is 104 Å². The second-order valence-electron chi connectivity index (χ2n) is 5.17. The average molecular weight is 243 g/mol. The summed E-state index contributed by atoms with van der Waals surface area (Å²) in [5.41, 5.74) is 4.50. The first-order valence-corrected chi connectivity index (χ1v) is 6.40. The molecule has 3 heterocycles. The van der Waals surface area contributed by atoms with Gasteiger partial charge in [0, 0.05) is 35.3 Å². The smallest absolute Gasteiger partial charge is 0.123 e. The number of H-pyrrole nitrogens is 1. The van der Waals surface area contributed by atoms with Crippen molar-refractivity contribution >= 4 is 0 Å².